The van der Waals surface area contributed by atoms with E-state index in [0.29, 0.717) is 29.9 Å². The van der Waals surface area contributed by atoms with Crippen molar-refractivity contribution in [3.8, 4) is 11.5 Å². The molecule has 0 amide bonds. The van der Waals surface area contributed by atoms with Gasteiger partial charge in [-0.3, -0.25) is 4.79 Å². The molecular formula is C27H39NO6. The Morgan fingerprint density at radius 3 is 2.29 bits per heavy atom. The lowest BCUT2D eigenvalue weighted by atomic mass is 9.77. The molecular weight excluding hydrogens is 434 g/mol. The summed E-state index contributed by atoms with van der Waals surface area (Å²) in [6, 6.07) is 11.4. The van der Waals surface area contributed by atoms with Gasteiger partial charge in [0, 0.05) is 6.54 Å². The smallest absolute Gasteiger partial charge is 0.316 e. The van der Waals surface area contributed by atoms with Gasteiger partial charge in [0.1, 0.15) is 0 Å². The number of likely N-dealkylation sites (N-methyl/N-ethyl adjacent to an activating group) is 1. The van der Waals surface area contributed by atoms with Gasteiger partial charge < -0.3 is 29.3 Å². The van der Waals surface area contributed by atoms with E-state index in [1.165, 1.54) is 5.56 Å². The summed E-state index contributed by atoms with van der Waals surface area (Å²) in [7, 11) is 5.33. The van der Waals surface area contributed by atoms with E-state index in [1.807, 2.05) is 37.3 Å². The predicted molar refractivity (Wildman–Crippen MR) is 132 cm³/mol. The van der Waals surface area contributed by atoms with Crippen LogP contribution in [0.4, 0.5) is 0 Å². The molecule has 0 spiro atoms. The van der Waals surface area contributed by atoms with E-state index in [-0.39, 0.29) is 19.2 Å². The molecule has 0 saturated carbocycles. The minimum absolute atomic E-state index is 0.156. The minimum atomic E-state index is -0.835. The van der Waals surface area contributed by atoms with Crippen LogP contribution >= 0.6 is 0 Å². The molecule has 0 bridgehead atoms. The molecule has 0 aromatic heterocycles. The number of hydrogen-bond acceptors (Lipinski definition) is 7. The van der Waals surface area contributed by atoms with Gasteiger partial charge in [-0.1, -0.05) is 24.3 Å². The van der Waals surface area contributed by atoms with Crippen LogP contribution in [0.25, 0.3) is 0 Å². The summed E-state index contributed by atoms with van der Waals surface area (Å²) >= 11 is 0. The number of carbonyl (C=O) groups excluding carboxylic acids is 1. The lowest BCUT2D eigenvalue weighted by Gasteiger charge is -2.29. The number of carbonyl (C=O) groups is 1. The Kier molecular flexibility index (Phi) is 10.8. The van der Waals surface area contributed by atoms with Gasteiger partial charge in [-0.05, 0) is 81.1 Å². The van der Waals surface area contributed by atoms with Crippen molar-refractivity contribution in [1.82, 2.24) is 4.90 Å². The molecule has 34 heavy (non-hydrogen) atoms. The van der Waals surface area contributed by atoms with Gasteiger partial charge in [0.2, 0.25) is 0 Å². The van der Waals surface area contributed by atoms with E-state index < -0.39 is 5.41 Å². The number of hydrogen-bond donors (Lipinski definition) is 2. The summed E-state index contributed by atoms with van der Waals surface area (Å²) in [5.41, 5.74) is 2.41. The number of methoxy groups -OCH3 is 2. The summed E-state index contributed by atoms with van der Waals surface area (Å²) < 4.78 is 16.1. The van der Waals surface area contributed by atoms with Crippen LogP contribution in [-0.2, 0) is 34.6 Å². The normalized spacial score (nSPS) is 12.9. The Morgan fingerprint density at radius 2 is 1.68 bits per heavy atom. The predicted octanol–water partition coefficient (Wildman–Crippen LogP) is 3.46. The molecule has 0 heterocycles. The second-order valence-electron chi connectivity index (χ2n) is 8.70. The monoisotopic (exact) mass is 473 g/mol. The third-order valence-corrected chi connectivity index (χ3v) is 6.36. The first-order chi connectivity index (χ1) is 16.3. The maximum absolute atomic E-state index is 12.9. The number of aliphatic hydroxyl groups is 2. The summed E-state index contributed by atoms with van der Waals surface area (Å²) in [5, 5.41) is 19.2. The van der Waals surface area contributed by atoms with Gasteiger partial charge >= 0.3 is 5.97 Å². The molecule has 0 aliphatic rings. The number of ether oxygens (including phenoxy) is 3. The fraction of sp³-hybridized carbons (Fsp3) is 0.519. The molecule has 0 aliphatic heterocycles. The molecule has 1 atom stereocenters. The topological polar surface area (TPSA) is 88.5 Å². The highest BCUT2D eigenvalue weighted by Crippen LogP contribution is 2.33. The van der Waals surface area contributed by atoms with E-state index >= 15 is 0 Å². The third kappa shape index (κ3) is 6.95. The Balaban J connectivity index is 2.03. The fourth-order valence-electron chi connectivity index (χ4n) is 4.10. The highest BCUT2D eigenvalue weighted by Gasteiger charge is 2.36. The van der Waals surface area contributed by atoms with Crippen molar-refractivity contribution in [1.29, 1.82) is 0 Å². The zero-order valence-electron chi connectivity index (χ0n) is 21.1. The molecule has 2 N–H and O–H groups in total. The first-order valence-electron chi connectivity index (χ1n) is 11.7. The van der Waals surface area contributed by atoms with Crippen LogP contribution < -0.4 is 9.47 Å². The standard InChI is InChI=1S/C27H39NO6/c1-6-34-26(31)27(2,23-10-9-21(18-29)22(17-23)19-30)13-7-14-28(3)15-12-20-8-11-24(32-4)25(16-20)33-5/h8-11,16-17,29-30H,6-7,12-15,18-19H2,1-5H3. The number of esters is 1. The molecule has 2 rings (SSSR count). The maximum atomic E-state index is 12.9. The second kappa shape index (κ2) is 13.3. The Morgan fingerprint density at radius 1 is 0.971 bits per heavy atom. The Hall–Kier alpha value is -2.61. The molecule has 0 fully saturated rings. The molecule has 7 heteroatoms. The average Bonchev–Trinajstić information content (AvgIpc) is 2.86. The van der Waals surface area contributed by atoms with Crippen molar-refractivity contribution in [2.24, 2.45) is 0 Å². The molecule has 0 aliphatic carbocycles. The lowest BCUT2D eigenvalue weighted by molar-refractivity contribution is -0.149. The van der Waals surface area contributed by atoms with E-state index in [9.17, 15) is 15.0 Å². The number of benzene rings is 2. The Bertz CT molecular complexity index is 931. The number of nitrogens with zero attached hydrogens (tertiary/aromatic N) is 1. The molecule has 2 aromatic rings. The molecule has 7 nitrogen and oxygen atoms in total. The molecule has 0 saturated heterocycles. The van der Waals surface area contributed by atoms with Gasteiger partial charge in [-0.2, -0.15) is 0 Å². The van der Waals surface area contributed by atoms with E-state index in [1.54, 1.807) is 27.2 Å². The summed E-state index contributed by atoms with van der Waals surface area (Å²) in [6.07, 6.45) is 2.28. The largest absolute Gasteiger partial charge is 0.493 e. The van der Waals surface area contributed by atoms with Crippen molar-refractivity contribution in [2.45, 2.75) is 51.7 Å². The first kappa shape index (κ1) is 27.6. The van der Waals surface area contributed by atoms with Crippen molar-refractivity contribution in [2.75, 3.05) is 41.0 Å². The molecule has 188 valence electrons. The Labute approximate surface area is 203 Å². The van der Waals surface area contributed by atoms with Gasteiger partial charge in [0.25, 0.3) is 0 Å². The van der Waals surface area contributed by atoms with E-state index in [4.69, 9.17) is 14.2 Å². The SMILES string of the molecule is CCOC(=O)C(C)(CCCN(C)CCc1ccc(OC)c(OC)c1)c1ccc(CO)c(CO)c1. The van der Waals surface area contributed by atoms with Crippen LogP contribution in [0.1, 0.15) is 48.9 Å². The first-order valence-corrected chi connectivity index (χ1v) is 11.7. The number of aliphatic hydroxyl groups excluding tert-OH is 2. The van der Waals surface area contributed by atoms with Crippen LogP contribution in [0.5, 0.6) is 11.5 Å². The molecule has 2 aromatic carbocycles. The van der Waals surface area contributed by atoms with Gasteiger partial charge in [-0.15, -0.1) is 0 Å². The fourth-order valence-corrected chi connectivity index (χ4v) is 4.10. The highest BCUT2D eigenvalue weighted by atomic mass is 16.5. The van der Waals surface area contributed by atoms with Crippen molar-refractivity contribution >= 4 is 5.97 Å². The van der Waals surface area contributed by atoms with Crippen LogP contribution in [0.15, 0.2) is 36.4 Å². The van der Waals surface area contributed by atoms with Crippen molar-refractivity contribution in [3.63, 3.8) is 0 Å². The maximum Gasteiger partial charge on any atom is 0.316 e. The molecule has 0 radical (unpaired) electrons. The van der Waals surface area contributed by atoms with Gasteiger partial charge in [0.15, 0.2) is 11.5 Å². The lowest BCUT2D eigenvalue weighted by Crippen LogP contribution is -2.36. The second-order valence-corrected chi connectivity index (χ2v) is 8.70. The zero-order valence-corrected chi connectivity index (χ0v) is 21.1. The highest BCUT2D eigenvalue weighted by molar-refractivity contribution is 5.82. The van der Waals surface area contributed by atoms with E-state index in [0.717, 1.165) is 37.2 Å². The van der Waals surface area contributed by atoms with Gasteiger partial charge in [-0.25, -0.2) is 0 Å². The summed E-state index contributed by atoms with van der Waals surface area (Å²) in [5.74, 6) is 1.17. The summed E-state index contributed by atoms with van der Waals surface area (Å²) in [4.78, 5) is 15.2. The van der Waals surface area contributed by atoms with Crippen LogP contribution in [0, 0.1) is 0 Å². The number of rotatable bonds is 14. The quantitative estimate of drug-likeness (QED) is 0.406. The average molecular weight is 474 g/mol. The van der Waals surface area contributed by atoms with E-state index in [2.05, 4.69) is 11.9 Å². The van der Waals surface area contributed by atoms with Crippen LogP contribution in [-0.4, -0.2) is 62.0 Å². The third-order valence-electron chi connectivity index (χ3n) is 6.36. The minimum Gasteiger partial charge on any atom is -0.493 e. The summed E-state index contributed by atoms with van der Waals surface area (Å²) in [6.45, 7) is 5.34. The zero-order chi connectivity index (χ0) is 25.1. The van der Waals surface area contributed by atoms with Crippen LogP contribution in [0.3, 0.4) is 0 Å². The van der Waals surface area contributed by atoms with Crippen molar-refractivity contribution in [3.05, 3.63) is 58.7 Å². The van der Waals surface area contributed by atoms with Crippen LogP contribution in [0.2, 0.25) is 0 Å². The van der Waals surface area contributed by atoms with Crippen molar-refractivity contribution < 1.29 is 29.2 Å². The molecule has 1 unspecified atom stereocenters. The van der Waals surface area contributed by atoms with Gasteiger partial charge in [0.05, 0.1) is 39.5 Å².